The summed E-state index contributed by atoms with van der Waals surface area (Å²) in [7, 11) is 2.13. The molecule has 0 spiro atoms. The monoisotopic (exact) mass is 455 g/mol. The number of hydrogen-bond acceptors (Lipinski definition) is 8. The number of nitrogens with one attached hydrogen (secondary N) is 1. The van der Waals surface area contributed by atoms with Crippen LogP contribution < -0.4 is 11.1 Å². The maximum absolute atomic E-state index is 12.3. The topological polar surface area (TPSA) is 114 Å². The fraction of sp³-hybridized carbons (Fsp3) is 0.560. The zero-order valence-electron chi connectivity index (χ0n) is 20.0. The molecule has 2 aromatic rings. The van der Waals surface area contributed by atoms with Crippen LogP contribution in [0.2, 0.25) is 0 Å². The molecule has 3 rings (SSSR count). The summed E-state index contributed by atoms with van der Waals surface area (Å²) in [6, 6.07) is 7.96. The number of nitrogens with two attached hydrogens (primary N) is 1. The summed E-state index contributed by atoms with van der Waals surface area (Å²) < 4.78 is 5.53. The van der Waals surface area contributed by atoms with Crippen molar-refractivity contribution in [3.8, 4) is 0 Å². The quantitative estimate of drug-likeness (QED) is 0.469. The number of piperidine rings is 1. The van der Waals surface area contributed by atoms with Crippen LogP contribution in [-0.4, -0.2) is 65.3 Å². The third-order valence-electron chi connectivity index (χ3n) is 6.28. The van der Waals surface area contributed by atoms with Crippen molar-refractivity contribution >= 4 is 17.7 Å². The van der Waals surface area contributed by atoms with E-state index in [1.54, 1.807) is 0 Å². The number of aromatic nitrogens is 2. The summed E-state index contributed by atoms with van der Waals surface area (Å²) >= 11 is 0. The van der Waals surface area contributed by atoms with Crippen LogP contribution in [0.1, 0.15) is 48.6 Å². The fourth-order valence-electron chi connectivity index (χ4n) is 3.97. The minimum Gasteiger partial charge on any atom is -0.465 e. The Morgan fingerprint density at radius 1 is 1.24 bits per heavy atom. The van der Waals surface area contributed by atoms with Gasteiger partial charge in [0, 0.05) is 24.2 Å². The summed E-state index contributed by atoms with van der Waals surface area (Å²) in [5.74, 6) is 1.15. The van der Waals surface area contributed by atoms with E-state index in [0.717, 1.165) is 48.3 Å². The second-order valence-corrected chi connectivity index (χ2v) is 9.04. The molecule has 180 valence electrons. The van der Waals surface area contributed by atoms with Crippen molar-refractivity contribution < 1.29 is 14.6 Å². The molecule has 0 radical (unpaired) electrons. The van der Waals surface area contributed by atoms with Crippen LogP contribution in [0, 0.1) is 12.8 Å². The number of esters is 1. The Hall–Kier alpha value is -2.71. The molecular weight excluding hydrogens is 418 g/mol. The highest BCUT2D eigenvalue weighted by Crippen LogP contribution is 2.22. The molecule has 0 aliphatic carbocycles. The lowest BCUT2D eigenvalue weighted by molar-refractivity contribution is -0.144. The molecule has 1 saturated heterocycles. The number of rotatable bonds is 10. The molecule has 1 aromatic heterocycles. The van der Waals surface area contributed by atoms with Gasteiger partial charge in [-0.2, -0.15) is 4.98 Å². The fourth-order valence-corrected chi connectivity index (χ4v) is 3.97. The van der Waals surface area contributed by atoms with Gasteiger partial charge in [0.05, 0.1) is 19.1 Å². The van der Waals surface area contributed by atoms with Gasteiger partial charge in [-0.1, -0.05) is 31.2 Å². The van der Waals surface area contributed by atoms with Gasteiger partial charge in [-0.05, 0) is 63.4 Å². The molecule has 1 fully saturated rings. The highest BCUT2D eigenvalue weighted by atomic mass is 16.5. The highest BCUT2D eigenvalue weighted by Gasteiger charge is 2.18. The van der Waals surface area contributed by atoms with Gasteiger partial charge in [-0.25, -0.2) is 4.98 Å². The molecule has 8 nitrogen and oxygen atoms in total. The zero-order valence-corrected chi connectivity index (χ0v) is 20.0. The number of nitrogens with zero attached hydrogens (tertiary/aromatic N) is 3. The van der Waals surface area contributed by atoms with E-state index in [1.165, 1.54) is 0 Å². The van der Waals surface area contributed by atoms with Gasteiger partial charge in [0.25, 0.3) is 0 Å². The normalized spacial score (nSPS) is 15.9. The summed E-state index contributed by atoms with van der Waals surface area (Å²) in [5, 5.41) is 13.1. The van der Waals surface area contributed by atoms with Crippen LogP contribution in [-0.2, 0) is 22.4 Å². The van der Waals surface area contributed by atoms with Crippen LogP contribution in [0.25, 0.3) is 0 Å². The molecule has 1 aliphatic heterocycles. The Kier molecular flexibility index (Phi) is 9.03. The van der Waals surface area contributed by atoms with Crippen LogP contribution in [0.4, 0.5) is 11.8 Å². The number of nitrogen functional groups attached to an aromatic ring is 1. The second kappa shape index (κ2) is 12.0. The molecule has 1 aromatic carbocycles. The zero-order chi connectivity index (χ0) is 23.8. The molecule has 0 unspecified atom stereocenters. The molecule has 1 aliphatic rings. The van der Waals surface area contributed by atoms with E-state index in [4.69, 9.17) is 10.5 Å². The van der Waals surface area contributed by atoms with Gasteiger partial charge in [0.1, 0.15) is 5.82 Å². The summed E-state index contributed by atoms with van der Waals surface area (Å²) in [6.45, 7) is 6.89. The number of hydrogen-bond donors (Lipinski definition) is 3. The molecule has 2 heterocycles. The molecule has 8 heteroatoms. The number of likely N-dealkylation sites (tertiary alicyclic amines) is 1. The first-order valence-corrected chi connectivity index (χ1v) is 11.8. The predicted molar refractivity (Wildman–Crippen MR) is 130 cm³/mol. The Bertz CT molecular complexity index is 911. The second-order valence-electron chi connectivity index (χ2n) is 9.04. The van der Waals surface area contributed by atoms with Crippen LogP contribution >= 0.6 is 0 Å². The van der Waals surface area contributed by atoms with Crippen LogP contribution in [0.5, 0.6) is 0 Å². The number of carbonyl (C=O) groups excluding carboxylic acids is 1. The highest BCUT2D eigenvalue weighted by molar-refractivity contribution is 5.72. The Morgan fingerprint density at radius 2 is 1.91 bits per heavy atom. The van der Waals surface area contributed by atoms with Crippen LogP contribution in [0.15, 0.2) is 24.3 Å². The predicted octanol–water partition coefficient (Wildman–Crippen LogP) is 2.57. The minimum absolute atomic E-state index is 0.176. The van der Waals surface area contributed by atoms with E-state index in [-0.39, 0.29) is 18.3 Å². The summed E-state index contributed by atoms with van der Waals surface area (Å²) in [6.07, 6.45) is 3.27. The van der Waals surface area contributed by atoms with E-state index < -0.39 is 6.10 Å². The number of aryl methyl sites for hydroxylation is 1. The smallest absolute Gasteiger partial charge is 0.310 e. The van der Waals surface area contributed by atoms with Gasteiger partial charge in [0.15, 0.2) is 0 Å². The molecule has 1 atom stereocenters. The van der Waals surface area contributed by atoms with Gasteiger partial charge in [-0.3, -0.25) is 4.79 Å². The average molecular weight is 456 g/mol. The lowest BCUT2D eigenvalue weighted by Gasteiger charge is -2.28. The third kappa shape index (κ3) is 7.68. The van der Waals surface area contributed by atoms with Crippen molar-refractivity contribution in [1.82, 2.24) is 14.9 Å². The maximum Gasteiger partial charge on any atom is 0.310 e. The minimum atomic E-state index is -0.451. The van der Waals surface area contributed by atoms with Crippen molar-refractivity contribution in [3.05, 3.63) is 46.6 Å². The number of aliphatic hydroxyl groups excluding tert-OH is 1. The molecule has 0 bridgehead atoms. The maximum atomic E-state index is 12.3. The number of carbonyl (C=O) groups is 1. The molecule has 4 N–H and O–H groups in total. The largest absolute Gasteiger partial charge is 0.465 e. The van der Waals surface area contributed by atoms with Crippen molar-refractivity contribution in [2.45, 2.75) is 52.1 Å². The van der Waals surface area contributed by atoms with E-state index in [0.29, 0.717) is 37.7 Å². The Morgan fingerprint density at radius 3 is 2.58 bits per heavy atom. The van der Waals surface area contributed by atoms with Gasteiger partial charge in [-0.15, -0.1) is 0 Å². The van der Waals surface area contributed by atoms with E-state index in [2.05, 4.69) is 27.2 Å². The van der Waals surface area contributed by atoms with E-state index in [9.17, 15) is 9.90 Å². The first-order chi connectivity index (χ1) is 15.8. The lowest BCUT2D eigenvalue weighted by Crippen LogP contribution is -2.32. The van der Waals surface area contributed by atoms with E-state index >= 15 is 0 Å². The number of anilines is 2. The molecular formula is C25H37N5O3. The lowest BCUT2D eigenvalue weighted by atomic mass is 9.98. The van der Waals surface area contributed by atoms with E-state index in [1.807, 2.05) is 38.1 Å². The van der Waals surface area contributed by atoms with Crippen molar-refractivity contribution in [2.75, 3.05) is 44.3 Å². The SMILES string of the molecule is CC[C@H](O)CNc1nc(N)nc(C)c1Cc1ccc(CC(=O)OCC2CCN(C)CC2)cc1. The number of aliphatic hydroxyl groups is 1. The van der Waals surface area contributed by atoms with Crippen molar-refractivity contribution in [2.24, 2.45) is 5.92 Å². The average Bonchev–Trinajstić information content (AvgIpc) is 2.80. The number of ether oxygens (including phenoxy) is 1. The Labute approximate surface area is 196 Å². The Balaban J connectivity index is 1.56. The molecule has 33 heavy (non-hydrogen) atoms. The summed E-state index contributed by atoms with van der Waals surface area (Å²) in [4.78, 5) is 23.2. The number of benzene rings is 1. The van der Waals surface area contributed by atoms with Gasteiger partial charge < -0.3 is 25.8 Å². The van der Waals surface area contributed by atoms with Gasteiger partial charge >= 0.3 is 5.97 Å². The first kappa shape index (κ1) is 24.9. The third-order valence-corrected chi connectivity index (χ3v) is 6.28. The van der Waals surface area contributed by atoms with Crippen molar-refractivity contribution in [3.63, 3.8) is 0 Å². The first-order valence-electron chi connectivity index (χ1n) is 11.8. The molecule has 0 saturated carbocycles. The molecule has 0 amide bonds. The summed E-state index contributed by atoms with van der Waals surface area (Å²) in [5.41, 5.74) is 9.59. The standard InChI is InChI=1S/C25H37N5O3/c1-4-21(31)15-27-24-22(17(2)28-25(26)29-24)13-18-5-7-19(8-6-18)14-23(32)33-16-20-9-11-30(3)12-10-20/h5-8,20-21,31H,4,9-16H2,1-3H3,(H3,26,27,28,29)/t21-/m0/s1. The van der Waals surface area contributed by atoms with Gasteiger partial charge in [0.2, 0.25) is 5.95 Å². The van der Waals surface area contributed by atoms with Crippen LogP contribution in [0.3, 0.4) is 0 Å². The van der Waals surface area contributed by atoms with Crippen molar-refractivity contribution in [1.29, 1.82) is 0 Å².